The molecule has 1 saturated heterocycles. The first-order valence-electron chi connectivity index (χ1n) is 11.8. The third-order valence-corrected chi connectivity index (χ3v) is 7.68. The predicted molar refractivity (Wildman–Crippen MR) is 132 cm³/mol. The molecule has 0 spiro atoms. The monoisotopic (exact) mass is 495 g/mol. The maximum Gasteiger partial charge on any atom is 0.272 e. The number of rotatable bonds is 6. The minimum atomic E-state index is -0.365. The van der Waals surface area contributed by atoms with E-state index in [9.17, 15) is 9.59 Å². The molecule has 2 aliphatic rings. The summed E-state index contributed by atoms with van der Waals surface area (Å²) in [5, 5.41) is 21.0. The lowest BCUT2D eigenvalue weighted by atomic mass is 9.49. The fourth-order valence-corrected chi connectivity index (χ4v) is 5.89. The van der Waals surface area contributed by atoms with Crippen LogP contribution in [0.3, 0.4) is 0 Å². The van der Waals surface area contributed by atoms with Crippen molar-refractivity contribution in [2.75, 3.05) is 18.0 Å². The first-order valence-corrected chi connectivity index (χ1v) is 12.2. The molecule has 1 aromatic heterocycles. The van der Waals surface area contributed by atoms with Gasteiger partial charge in [0.2, 0.25) is 0 Å². The summed E-state index contributed by atoms with van der Waals surface area (Å²) in [7, 11) is 0. The number of hydrogen-bond acceptors (Lipinski definition) is 7. The zero-order valence-corrected chi connectivity index (χ0v) is 21.2. The summed E-state index contributed by atoms with van der Waals surface area (Å²) in [6.07, 6.45) is 2.44. The van der Waals surface area contributed by atoms with Crippen LogP contribution in [0.1, 0.15) is 56.6 Å². The molecular weight excluding hydrogens is 466 g/mol. The molecular formula is C26H30ClN5O3. The van der Waals surface area contributed by atoms with Crippen molar-refractivity contribution in [3.05, 3.63) is 46.6 Å². The van der Waals surface area contributed by atoms with E-state index < -0.39 is 0 Å². The average molecular weight is 496 g/mol. The van der Waals surface area contributed by atoms with Crippen LogP contribution in [0.2, 0.25) is 5.02 Å². The lowest BCUT2D eigenvalue weighted by Gasteiger charge is -2.63. The number of nitrogens with one attached hydrogen (secondary N) is 1. The molecule has 35 heavy (non-hydrogen) atoms. The highest BCUT2D eigenvalue weighted by molar-refractivity contribution is 6.31. The number of benzene rings is 1. The van der Waals surface area contributed by atoms with Crippen molar-refractivity contribution < 1.29 is 14.3 Å². The fraction of sp³-hybridized carbons (Fsp3) is 0.500. The van der Waals surface area contributed by atoms with E-state index in [-0.39, 0.29) is 40.5 Å². The summed E-state index contributed by atoms with van der Waals surface area (Å²) in [5.74, 6) is 1.13. The molecule has 0 bridgehead atoms. The quantitative estimate of drug-likeness (QED) is 0.602. The number of aldehydes is 1. The minimum Gasteiger partial charge on any atom is -0.489 e. The number of ether oxygens (including phenoxy) is 1. The van der Waals surface area contributed by atoms with Gasteiger partial charge in [0.15, 0.2) is 11.5 Å². The average Bonchev–Trinajstić information content (AvgIpc) is 2.85. The van der Waals surface area contributed by atoms with Crippen molar-refractivity contribution in [1.82, 2.24) is 15.5 Å². The van der Waals surface area contributed by atoms with Gasteiger partial charge in [0, 0.05) is 41.9 Å². The van der Waals surface area contributed by atoms with E-state index in [4.69, 9.17) is 21.6 Å². The smallest absolute Gasteiger partial charge is 0.272 e. The van der Waals surface area contributed by atoms with Gasteiger partial charge in [-0.15, -0.1) is 10.2 Å². The Hall–Kier alpha value is -3.18. The van der Waals surface area contributed by atoms with Gasteiger partial charge in [-0.3, -0.25) is 4.79 Å². The summed E-state index contributed by atoms with van der Waals surface area (Å²) in [6.45, 7) is 9.71. The zero-order chi connectivity index (χ0) is 25.4. The number of nitrogens with zero attached hydrogens (tertiary/aromatic N) is 4. The Morgan fingerprint density at radius 3 is 2.40 bits per heavy atom. The number of carbonyl (C=O) groups is 2. The maximum atomic E-state index is 13.0. The van der Waals surface area contributed by atoms with Gasteiger partial charge in [0.1, 0.15) is 24.2 Å². The number of halogens is 1. The van der Waals surface area contributed by atoms with Crippen molar-refractivity contribution in [1.29, 1.82) is 5.26 Å². The Balaban J connectivity index is 1.41. The van der Waals surface area contributed by atoms with Gasteiger partial charge in [0.05, 0.1) is 10.6 Å². The van der Waals surface area contributed by atoms with E-state index in [1.807, 2.05) is 6.07 Å². The molecule has 2 aromatic rings. The summed E-state index contributed by atoms with van der Waals surface area (Å²) in [4.78, 5) is 26.1. The summed E-state index contributed by atoms with van der Waals surface area (Å²) >= 11 is 6.17. The van der Waals surface area contributed by atoms with E-state index in [1.165, 1.54) is 0 Å². The first kappa shape index (κ1) is 24.9. The Morgan fingerprint density at radius 1 is 1.17 bits per heavy atom. The van der Waals surface area contributed by atoms with Crippen LogP contribution in [0.25, 0.3) is 0 Å². The Kier molecular flexibility index (Phi) is 6.74. The molecule has 1 saturated carbocycles. The summed E-state index contributed by atoms with van der Waals surface area (Å²) in [6, 6.07) is 10.4. The Labute approximate surface area is 210 Å². The second-order valence-corrected chi connectivity index (χ2v) is 10.9. The van der Waals surface area contributed by atoms with Crippen LogP contribution in [-0.2, 0) is 4.79 Å². The highest BCUT2D eigenvalue weighted by Crippen LogP contribution is 2.55. The molecule has 9 heteroatoms. The number of aromatic nitrogens is 2. The highest BCUT2D eigenvalue weighted by Gasteiger charge is 2.64. The van der Waals surface area contributed by atoms with Gasteiger partial charge in [-0.05, 0) is 37.1 Å². The molecule has 0 unspecified atom stereocenters. The normalized spacial score (nSPS) is 23.0. The van der Waals surface area contributed by atoms with Crippen LogP contribution in [0.5, 0.6) is 5.75 Å². The minimum absolute atomic E-state index is 0.111. The molecule has 184 valence electrons. The standard InChI is InChI=1S/C26H30ClN5O3/c1-25(2)23(26(3,4)24(25)35-18-6-5-17(14-28)19(27)13-18)29-22(34)20-7-8-21(31-30-20)32-11-9-16(15-33)10-12-32/h5-8,13,15-16,23-24H,9-12H2,1-4H3,(H,29,34). The molecule has 0 atom stereocenters. The first-order chi connectivity index (χ1) is 16.6. The van der Waals surface area contributed by atoms with Gasteiger partial charge in [-0.1, -0.05) is 39.3 Å². The Morgan fingerprint density at radius 2 is 1.86 bits per heavy atom. The van der Waals surface area contributed by atoms with E-state index in [0.717, 1.165) is 32.2 Å². The molecule has 8 nitrogen and oxygen atoms in total. The van der Waals surface area contributed by atoms with Crippen molar-refractivity contribution in [3.63, 3.8) is 0 Å². The van der Waals surface area contributed by atoms with E-state index in [2.05, 4.69) is 48.1 Å². The second kappa shape index (κ2) is 9.46. The molecule has 4 rings (SSSR count). The third kappa shape index (κ3) is 4.70. The number of hydrogen-bond donors (Lipinski definition) is 1. The van der Waals surface area contributed by atoms with Gasteiger partial charge in [-0.25, -0.2) is 0 Å². The van der Waals surface area contributed by atoms with Crippen LogP contribution in [0, 0.1) is 28.1 Å². The molecule has 1 amide bonds. The number of amides is 1. The number of anilines is 1. The van der Waals surface area contributed by atoms with Crippen molar-refractivity contribution in [3.8, 4) is 11.8 Å². The third-order valence-electron chi connectivity index (χ3n) is 7.37. The molecule has 0 radical (unpaired) electrons. The molecule has 1 N–H and O–H groups in total. The maximum absolute atomic E-state index is 13.0. The topological polar surface area (TPSA) is 108 Å². The van der Waals surface area contributed by atoms with E-state index in [1.54, 1.807) is 30.3 Å². The number of carbonyl (C=O) groups excluding carboxylic acids is 2. The van der Waals surface area contributed by atoms with E-state index in [0.29, 0.717) is 22.2 Å². The van der Waals surface area contributed by atoms with Gasteiger partial charge >= 0.3 is 0 Å². The van der Waals surface area contributed by atoms with Crippen LogP contribution in [-0.4, -0.2) is 47.6 Å². The second-order valence-electron chi connectivity index (χ2n) is 10.5. The number of piperidine rings is 1. The number of nitriles is 1. The fourth-order valence-electron chi connectivity index (χ4n) is 5.68. The van der Waals surface area contributed by atoms with Crippen molar-refractivity contribution in [2.45, 2.75) is 52.7 Å². The molecule has 1 aliphatic heterocycles. The highest BCUT2D eigenvalue weighted by atomic mass is 35.5. The molecule has 1 aliphatic carbocycles. The zero-order valence-electron chi connectivity index (χ0n) is 20.4. The van der Waals surface area contributed by atoms with Crippen LogP contribution < -0.4 is 15.0 Å². The van der Waals surface area contributed by atoms with Crippen molar-refractivity contribution in [2.24, 2.45) is 16.7 Å². The van der Waals surface area contributed by atoms with Crippen LogP contribution >= 0.6 is 11.6 Å². The SMILES string of the molecule is CC1(C)C(NC(=O)c2ccc(N3CCC(C=O)CC3)nn2)C(C)(C)C1Oc1ccc(C#N)c(Cl)c1. The lowest BCUT2D eigenvalue weighted by Crippen LogP contribution is -2.74. The van der Waals surface area contributed by atoms with Crippen LogP contribution in [0.15, 0.2) is 30.3 Å². The van der Waals surface area contributed by atoms with Gasteiger partial charge in [-0.2, -0.15) is 5.26 Å². The largest absolute Gasteiger partial charge is 0.489 e. The summed E-state index contributed by atoms with van der Waals surface area (Å²) in [5.41, 5.74) is -0.0775. The summed E-state index contributed by atoms with van der Waals surface area (Å²) < 4.78 is 6.28. The predicted octanol–water partition coefficient (Wildman–Crippen LogP) is 4.03. The van der Waals surface area contributed by atoms with E-state index >= 15 is 0 Å². The van der Waals surface area contributed by atoms with Gasteiger partial charge < -0.3 is 19.7 Å². The lowest BCUT2D eigenvalue weighted by molar-refractivity contribution is -0.164. The van der Waals surface area contributed by atoms with Crippen molar-refractivity contribution >= 4 is 29.6 Å². The molecule has 2 fully saturated rings. The Bertz CT molecular complexity index is 1130. The van der Waals surface area contributed by atoms with Crippen LogP contribution in [0.4, 0.5) is 5.82 Å². The molecule has 2 heterocycles. The molecule has 1 aromatic carbocycles. The van der Waals surface area contributed by atoms with Gasteiger partial charge in [0.25, 0.3) is 5.91 Å².